The molecular weight excluding hydrogens is 242 g/mol. The summed E-state index contributed by atoms with van der Waals surface area (Å²) < 4.78 is 0. The van der Waals surface area contributed by atoms with E-state index in [-0.39, 0.29) is 17.4 Å². The molecule has 0 spiro atoms. The number of primary amides is 1. The number of likely N-dealkylation sites (tertiary alicyclic amines) is 1. The first-order chi connectivity index (χ1) is 8.79. The van der Waals surface area contributed by atoms with E-state index in [0.29, 0.717) is 0 Å². The number of hydrogen-bond donors (Lipinski definition) is 2. The van der Waals surface area contributed by atoms with E-state index in [2.05, 4.69) is 25.7 Å². The molecular formula is C14H25N3O2. The monoisotopic (exact) mass is 267 g/mol. The molecule has 1 rings (SSSR count). The molecule has 5 nitrogen and oxygen atoms in total. The molecule has 1 fully saturated rings. The summed E-state index contributed by atoms with van der Waals surface area (Å²) in [7, 11) is 0. The lowest BCUT2D eigenvalue weighted by Gasteiger charge is -2.47. The fourth-order valence-corrected chi connectivity index (χ4v) is 2.84. The molecule has 0 bridgehead atoms. The normalized spacial score (nSPS) is 23.5. The Morgan fingerprint density at radius 2 is 2.21 bits per heavy atom. The maximum Gasteiger partial charge on any atom is 0.312 e. The minimum atomic E-state index is -0.669. The maximum atomic E-state index is 12.4. The Hall–Kier alpha value is -1.52. The standard InChI is InChI=1S/C14H25N3O2/c1-5-7-11-14(3,4)8-6-9-17(11)12(18)10(2)16-13(15)19/h5,10-11H,1,6-9H2,2-4H3,(H3,15,16,19)/t10-,11-/m1/s1. The highest BCUT2D eigenvalue weighted by atomic mass is 16.2. The summed E-state index contributed by atoms with van der Waals surface area (Å²) in [5.74, 6) is -0.0709. The van der Waals surface area contributed by atoms with Crippen LogP contribution in [0.15, 0.2) is 12.7 Å². The smallest absolute Gasteiger partial charge is 0.312 e. The second-order valence-corrected chi connectivity index (χ2v) is 5.89. The molecule has 5 heteroatoms. The highest BCUT2D eigenvalue weighted by Gasteiger charge is 2.40. The molecule has 0 unspecified atom stereocenters. The first-order valence-corrected chi connectivity index (χ1v) is 6.77. The average Bonchev–Trinajstić information content (AvgIpc) is 2.29. The van der Waals surface area contributed by atoms with Crippen molar-refractivity contribution in [3.05, 3.63) is 12.7 Å². The van der Waals surface area contributed by atoms with Crippen LogP contribution in [-0.2, 0) is 4.79 Å². The Morgan fingerprint density at radius 1 is 1.58 bits per heavy atom. The summed E-state index contributed by atoms with van der Waals surface area (Å²) in [5.41, 5.74) is 5.13. The number of rotatable bonds is 4. The topological polar surface area (TPSA) is 75.4 Å². The molecule has 3 amide bonds. The van der Waals surface area contributed by atoms with Crippen molar-refractivity contribution in [1.29, 1.82) is 0 Å². The molecule has 0 saturated carbocycles. The van der Waals surface area contributed by atoms with E-state index in [4.69, 9.17) is 5.73 Å². The SMILES string of the molecule is C=CC[C@H]1N(C(=O)[C@@H](C)NC(N)=O)CCCC1(C)C. The van der Waals surface area contributed by atoms with Crippen LogP contribution in [0.25, 0.3) is 0 Å². The summed E-state index contributed by atoms with van der Waals surface area (Å²) >= 11 is 0. The van der Waals surface area contributed by atoms with E-state index >= 15 is 0 Å². The van der Waals surface area contributed by atoms with Crippen molar-refractivity contribution in [1.82, 2.24) is 10.2 Å². The Balaban J connectivity index is 2.85. The minimum absolute atomic E-state index is 0.0640. The summed E-state index contributed by atoms with van der Waals surface area (Å²) in [5, 5.41) is 2.45. The summed E-state index contributed by atoms with van der Waals surface area (Å²) in [6, 6.07) is -1.13. The number of nitrogens with zero attached hydrogens (tertiary/aromatic N) is 1. The lowest BCUT2D eigenvalue weighted by Crippen LogP contribution is -2.57. The van der Waals surface area contributed by atoms with E-state index in [0.717, 1.165) is 25.8 Å². The molecule has 0 aliphatic carbocycles. The van der Waals surface area contributed by atoms with Crippen LogP contribution >= 0.6 is 0 Å². The van der Waals surface area contributed by atoms with E-state index in [1.165, 1.54) is 0 Å². The molecule has 0 aromatic rings. The molecule has 0 radical (unpaired) electrons. The Bertz CT molecular complexity index is 366. The number of carbonyl (C=O) groups excluding carboxylic acids is 2. The summed E-state index contributed by atoms with van der Waals surface area (Å²) in [6.45, 7) is 10.5. The molecule has 1 heterocycles. The van der Waals surface area contributed by atoms with Crippen molar-refractivity contribution in [2.24, 2.45) is 11.1 Å². The average molecular weight is 267 g/mol. The van der Waals surface area contributed by atoms with Crippen molar-refractivity contribution >= 4 is 11.9 Å². The van der Waals surface area contributed by atoms with E-state index in [1.807, 2.05) is 11.0 Å². The predicted molar refractivity (Wildman–Crippen MR) is 75.5 cm³/mol. The van der Waals surface area contributed by atoms with Gasteiger partial charge in [0, 0.05) is 12.6 Å². The third-order valence-corrected chi connectivity index (χ3v) is 3.90. The van der Waals surface area contributed by atoms with E-state index in [9.17, 15) is 9.59 Å². The lowest BCUT2D eigenvalue weighted by molar-refractivity contribution is -0.140. The van der Waals surface area contributed by atoms with Gasteiger partial charge in [0.15, 0.2) is 0 Å². The number of urea groups is 1. The lowest BCUT2D eigenvalue weighted by atomic mass is 9.75. The second kappa shape index (κ2) is 6.08. The summed E-state index contributed by atoms with van der Waals surface area (Å²) in [4.78, 5) is 25.2. The van der Waals surface area contributed by atoms with Crippen LogP contribution in [-0.4, -0.2) is 35.5 Å². The molecule has 1 aliphatic heterocycles. The zero-order valence-electron chi connectivity index (χ0n) is 12.1. The van der Waals surface area contributed by atoms with Gasteiger partial charge in [-0.2, -0.15) is 0 Å². The van der Waals surface area contributed by atoms with Gasteiger partial charge in [0.25, 0.3) is 0 Å². The van der Waals surface area contributed by atoms with Gasteiger partial charge in [-0.15, -0.1) is 6.58 Å². The molecule has 108 valence electrons. The van der Waals surface area contributed by atoms with E-state index in [1.54, 1.807) is 6.92 Å². The number of amides is 3. The minimum Gasteiger partial charge on any atom is -0.352 e. The van der Waals surface area contributed by atoms with Crippen LogP contribution in [0.1, 0.15) is 40.0 Å². The largest absolute Gasteiger partial charge is 0.352 e. The molecule has 19 heavy (non-hydrogen) atoms. The quantitative estimate of drug-likeness (QED) is 0.760. The third-order valence-electron chi connectivity index (χ3n) is 3.90. The van der Waals surface area contributed by atoms with Crippen LogP contribution < -0.4 is 11.1 Å². The van der Waals surface area contributed by atoms with Gasteiger partial charge in [-0.1, -0.05) is 19.9 Å². The molecule has 0 aromatic heterocycles. The van der Waals surface area contributed by atoms with Crippen LogP contribution in [0.4, 0.5) is 4.79 Å². The van der Waals surface area contributed by atoms with Gasteiger partial charge in [-0.05, 0) is 31.6 Å². The van der Waals surface area contributed by atoms with E-state index < -0.39 is 12.1 Å². The van der Waals surface area contributed by atoms with Crippen molar-refractivity contribution in [2.75, 3.05) is 6.54 Å². The van der Waals surface area contributed by atoms with Gasteiger partial charge in [-0.25, -0.2) is 4.79 Å². The van der Waals surface area contributed by atoms with Crippen LogP contribution in [0.3, 0.4) is 0 Å². The number of carbonyl (C=O) groups is 2. The molecule has 1 aliphatic rings. The third kappa shape index (κ3) is 3.72. The first kappa shape index (κ1) is 15.5. The van der Waals surface area contributed by atoms with Gasteiger partial charge in [-0.3, -0.25) is 4.79 Å². The van der Waals surface area contributed by atoms with Crippen molar-refractivity contribution in [3.8, 4) is 0 Å². The van der Waals surface area contributed by atoms with Crippen LogP contribution in [0.5, 0.6) is 0 Å². The van der Waals surface area contributed by atoms with Crippen molar-refractivity contribution in [2.45, 2.75) is 52.1 Å². The van der Waals surface area contributed by atoms with Crippen LogP contribution in [0, 0.1) is 5.41 Å². The van der Waals surface area contributed by atoms with Gasteiger partial charge in [0.05, 0.1) is 0 Å². The zero-order valence-corrected chi connectivity index (χ0v) is 12.1. The number of nitrogens with two attached hydrogens (primary N) is 1. The molecule has 0 aromatic carbocycles. The number of hydrogen-bond acceptors (Lipinski definition) is 2. The fourth-order valence-electron chi connectivity index (χ4n) is 2.84. The Kier molecular flexibility index (Phi) is 4.97. The van der Waals surface area contributed by atoms with Crippen LogP contribution in [0.2, 0.25) is 0 Å². The highest BCUT2D eigenvalue weighted by Crippen LogP contribution is 2.37. The highest BCUT2D eigenvalue weighted by molar-refractivity contribution is 5.86. The van der Waals surface area contributed by atoms with Gasteiger partial charge < -0.3 is 16.0 Å². The van der Waals surface area contributed by atoms with Crippen molar-refractivity contribution in [3.63, 3.8) is 0 Å². The molecule has 2 atom stereocenters. The molecule has 1 saturated heterocycles. The second-order valence-electron chi connectivity index (χ2n) is 5.89. The van der Waals surface area contributed by atoms with Gasteiger partial charge in [0.1, 0.15) is 6.04 Å². The Labute approximate surface area is 115 Å². The van der Waals surface area contributed by atoms with Gasteiger partial charge in [0.2, 0.25) is 5.91 Å². The number of nitrogens with one attached hydrogen (secondary N) is 1. The zero-order chi connectivity index (χ0) is 14.6. The fraction of sp³-hybridized carbons (Fsp3) is 0.714. The Morgan fingerprint density at radius 3 is 2.74 bits per heavy atom. The molecule has 3 N–H and O–H groups in total. The summed E-state index contributed by atoms with van der Waals surface area (Å²) in [6.07, 6.45) is 4.69. The first-order valence-electron chi connectivity index (χ1n) is 6.77. The van der Waals surface area contributed by atoms with Gasteiger partial charge >= 0.3 is 6.03 Å². The maximum absolute atomic E-state index is 12.4. The number of piperidine rings is 1. The predicted octanol–water partition coefficient (Wildman–Crippen LogP) is 1.64. The van der Waals surface area contributed by atoms with Crippen molar-refractivity contribution < 1.29 is 9.59 Å².